The summed E-state index contributed by atoms with van der Waals surface area (Å²) in [5, 5.41) is 8.41. The molecule has 0 aromatic carbocycles. The SMILES string of the molecule is CCC(=O)CCCOCCCO.CCCCCCCCCCCCCCCCOCC(COP(=O)([O-])OCC[NH+](C)C)OCCCCCCC(=O)OCC.CCCCCCCCCCCCCCCCOCCCOP(=O)([O-])OCC[NH3+]. The smallest absolute Gasteiger partial charge is 0.305 e. The highest BCUT2D eigenvalue weighted by molar-refractivity contribution is 7.46. The zero-order chi connectivity index (χ0) is 61.2. The van der Waals surface area contributed by atoms with Gasteiger partial charge in [-0.2, -0.15) is 0 Å². The fourth-order valence-corrected chi connectivity index (χ4v) is 9.93. The average molecular weight is 1220 g/mol. The van der Waals surface area contributed by atoms with Gasteiger partial charge in [-0.1, -0.05) is 201 Å². The number of phosphoric ester groups is 2. The molecule has 3 unspecified atom stereocenters. The number of hydrogen-bond acceptors (Lipinski definition) is 16. The molecule has 5 N–H and O–H groups in total. The summed E-state index contributed by atoms with van der Waals surface area (Å²) in [4.78, 5) is 46.7. The molecule has 0 aliphatic heterocycles. The van der Waals surface area contributed by atoms with E-state index in [0.29, 0.717) is 90.6 Å². The summed E-state index contributed by atoms with van der Waals surface area (Å²) in [7, 11) is -4.68. The summed E-state index contributed by atoms with van der Waals surface area (Å²) >= 11 is 0. The molecule has 0 saturated heterocycles. The largest absolute Gasteiger partial charge is 0.756 e. The summed E-state index contributed by atoms with van der Waals surface area (Å²) in [5.41, 5.74) is 3.52. The van der Waals surface area contributed by atoms with E-state index in [1.165, 1.54) is 161 Å². The first-order valence-electron chi connectivity index (χ1n) is 33.1. The summed E-state index contributed by atoms with van der Waals surface area (Å²) < 4.78 is 70.2. The minimum Gasteiger partial charge on any atom is -0.756 e. The van der Waals surface area contributed by atoms with Gasteiger partial charge in [-0.05, 0) is 51.9 Å². The van der Waals surface area contributed by atoms with E-state index < -0.39 is 21.7 Å². The highest BCUT2D eigenvalue weighted by Gasteiger charge is 2.17. The molecule has 0 fully saturated rings. The van der Waals surface area contributed by atoms with Gasteiger partial charge in [0.05, 0.1) is 47.1 Å². The number of likely N-dealkylation sites (N-methyl/N-ethyl adjacent to an activating group) is 1. The van der Waals surface area contributed by atoms with Gasteiger partial charge in [0.1, 0.15) is 31.6 Å². The van der Waals surface area contributed by atoms with Crippen LogP contribution in [0.1, 0.15) is 272 Å². The molecule has 0 radical (unpaired) electrons. The predicted octanol–water partition coefficient (Wildman–Crippen LogP) is 11.8. The molecule has 0 bridgehead atoms. The Hall–Kier alpha value is -0.920. The number of unbranched alkanes of at least 4 members (excludes halogenated alkanes) is 29. The summed E-state index contributed by atoms with van der Waals surface area (Å²) in [5.74, 6) is 0.138. The number of rotatable bonds is 64. The van der Waals surface area contributed by atoms with E-state index in [0.717, 1.165) is 62.9 Å². The Morgan fingerprint density at radius 2 is 0.854 bits per heavy atom. The number of phosphoric acid groups is 2. The van der Waals surface area contributed by atoms with Crippen molar-refractivity contribution in [2.75, 3.05) is 113 Å². The Bertz CT molecular complexity index is 1390. The molecule has 0 rings (SSSR count). The zero-order valence-electron chi connectivity index (χ0n) is 53.7. The first-order valence-corrected chi connectivity index (χ1v) is 36.1. The second-order valence-electron chi connectivity index (χ2n) is 21.9. The van der Waals surface area contributed by atoms with Crippen molar-refractivity contribution < 1.29 is 86.0 Å². The van der Waals surface area contributed by atoms with E-state index in [4.69, 9.17) is 42.4 Å². The van der Waals surface area contributed by atoms with Gasteiger partial charge in [0.15, 0.2) is 0 Å². The minimum atomic E-state index is -4.39. The van der Waals surface area contributed by atoms with E-state index in [1.807, 2.05) is 27.9 Å². The van der Waals surface area contributed by atoms with Crippen LogP contribution >= 0.6 is 15.6 Å². The molecule has 0 aliphatic carbocycles. The molecule has 0 aromatic rings. The number of esters is 1. The molecular weight excluding hydrogens is 1090 g/mol. The number of quaternary nitrogens is 2. The predicted molar refractivity (Wildman–Crippen MR) is 328 cm³/mol. The second-order valence-corrected chi connectivity index (χ2v) is 24.7. The molecule has 0 spiro atoms. The number of ketones is 1. The van der Waals surface area contributed by atoms with E-state index in [-0.39, 0.29) is 45.6 Å². The Morgan fingerprint density at radius 3 is 1.32 bits per heavy atom. The molecule has 3 atom stereocenters. The van der Waals surface area contributed by atoms with Crippen molar-refractivity contribution in [3.05, 3.63) is 0 Å². The standard InChI is InChI=1S/C32H66NO8P.C21H46NO5P.C9H18O3/c1-5-7-8-9-10-11-12-13-14-15-16-17-19-22-26-37-29-31(30-41-42(35,36)40-28-25-33(3)4)39-27-23-20-18-21-24-32(34)38-6-2;1-2-3-4-5-6-7-8-9-10-11-12-13-14-15-18-25-19-16-20-26-28(23,24)27-21-17-22;1-2-9(11)5-3-7-12-8-4-6-10/h31H,5-30H2,1-4H3,(H,35,36);2-22H2,1H3,(H,23,24);10H,2-8H2,1H3. The van der Waals surface area contributed by atoms with Gasteiger partial charge < -0.3 is 67.3 Å². The molecule has 18 nitrogen and oxygen atoms in total. The van der Waals surface area contributed by atoms with Gasteiger partial charge in [0.2, 0.25) is 0 Å². The van der Waals surface area contributed by atoms with Gasteiger partial charge in [-0.25, -0.2) is 0 Å². The van der Waals surface area contributed by atoms with Gasteiger partial charge in [0.25, 0.3) is 15.6 Å². The maximum Gasteiger partial charge on any atom is 0.305 e. The lowest BCUT2D eigenvalue weighted by Gasteiger charge is -2.26. The van der Waals surface area contributed by atoms with Crippen molar-refractivity contribution in [3.63, 3.8) is 0 Å². The van der Waals surface area contributed by atoms with Crippen LogP contribution in [0.25, 0.3) is 0 Å². The third-order valence-electron chi connectivity index (χ3n) is 13.5. The van der Waals surface area contributed by atoms with Crippen LogP contribution in [0.4, 0.5) is 0 Å². The van der Waals surface area contributed by atoms with Gasteiger partial charge >= 0.3 is 5.97 Å². The fraction of sp³-hybridized carbons (Fsp3) is 0.968. The van der Waals surface area contributed by atoms with Crippen LogP contribution in [-0.2, 0) is 60.5 Å². The topological polar surface area (TPSA) is 250 Å². The number of Topliss-reactive ketones (excluding diaryl/α,β-unsaturated/α-hetero) is 1. The van der Waals surface area contributed by atoms with E-state index in [1.54, 1.807) is 0 Å². The third kappa shape index (κ3) is 75.2. The Kier molecular flexibility index (Phi) is 72.0. The van der Waals surface area contributed by atoms with Crippen molar-refractivity contribution in [2.45, 2.75) is 278 Å². The lowest BCUT2D eigenvalue weighted by atomic mass is 10.0. The van der Waals surface area contributed by atoms with Crippen molar-refractivity contribution in [2.24, 2.45) is 0 Å². The maximum absolute atomic E-state index is 12.1. The quantitative estimate of drug-likeness (QED) is 0.0291. The maximum atomic E-state index is 12.1. The number of aliphatic hydroxyl groups excluding tert-OH is 1. The Balaban J connectivity index is -0.00000133. The third-order valence-corrected chi connectivity index (χ3v) is 15.4. The summed E-state index contributed by atoms with van der Waals surface area (Å²) in [6.07, 6.45) is 43.9. The van der Waals surface area contributed by atoms with Crippen LogP contribution in [0.3, 0.4) is 0 Å². The van der Waals surface area contributed by atoms with E-state index in [2.05, 4.69) is 24.1 Å². The summed E-state index contributed by atoms with van der Waals surface area (Å²) in [6, 6.07) is 0. The van der Waals surface area contributed by atoms with Crippen molar-refractivity contribution in [1.29, 1.82) is 0 Å². The van der Waals surface area contributed by atoms with Crippen LogP contribution in [0.2, 0.25) is 0 Å². The monoisotopic (exact) mass is 1220 g/mol. The zero-order valence-corrected chi connectivity index (χ0v) is 55.5. The number of aliphatic hydroxyl groups is 1. The van der Waals surface area contributed by atoms with Crippen molar-refractivity contribution in [1.82, 2.24) is 0 Å². The van der Waals surface area contributed by atoms with Crippen molar-refractivity contribution in [3.8, 4) is 0 Å². The van der Waals surface area contributed by atoms with Crippen LogP contribution in [0.15, 0.2) is 0 Å². The van der Waals surface area contributed by atoms with E-state index >= 15 is 0 Å². The van der Waals surface area contributed by atoms with Crippen molar-refractivity contribution >= 4 is 27.4 Å². The van der Waals surface area contributed by atoms with Crippen LogP contribution in [0.5, 0.6) is 0 Å². The first-order chi connectivity index (χ1) is 39.7. The molecule has 0 saturated carbocycles. The average Bonchev–Trinajstić information content (AvgIpc) is 3.45. The van der Waals surface area contributed by atoms with Crippen LogP contribution in [0, 0.1) is 0 Å². The molecule has 494 valence electrons. The molecule has 82 heavy (non-hydrogen) atoms. The second kappa shape index (κ2) is 69.2. The van der Waals surface area contributed by atoms with Gasteiger partial charge in [0, 0.05) is 65.5 Å². The Morgan fingerprint density at radius 1 is 0.451 bits per heavy atom. The highest BCUT2D eigenvalue weighted by Crippen LogP contribution is 2.38. The number of carbonyl (C=O) groups is 2. The number of carbonyl (C=O) groups excluding carboxylic acids is 2. The first kappa shape index (κ1) is 85.3. The minimum absolute atomic E-state index is 0.0659. The number of nitrogens with one attached hydrogen (secondary N) is 1. The van der Waals surface area contributed by atoms with Gasteiger partial charge in [-0.3, -0.25) is 18.7 Å². The normalized spacial score (nSPS) is 13.3. The van der Waals surface area contributed by atoms with E-state index in [9.17, 15) is 28.5 Å². The Labute approximate surface area is 502 Å². The van der Waals surface area contributed by atoms with Crippen LogP contribution < -0.4 is 20.4 Å². The number of ether oxygens (including phenoxy) is 5. The lowest BCUT2D eigenvalue weighted by molar-refractivity contribution is -0.858. The molecule has 20 heteroatoms. The number of hydrogen-bond donors (Lipinski definition) is 3. The van der Waals surface area contributed by atoms with Crippen LogP contribution in [-0.4, -0.2) is 136 Å². The summed E-state index contributed by atoms with van der Waals surface area (Å²) in [6.45, 7) is 13.8. The van der Waals surface area contributed by atoms with Gasteiger partial charge in [-0.15, -0.1) is 0 Å². The molecule has 0 heterocycles. The molecular formula is C62H130N2O16P2. The molecule has 0 aliphatic rings. The molecule has 0 amide bonds. The molecule has 0 aromatic heterocycles. The highest BCUT2D eigenvalue weighted by atomic mass is 31.2. The fourth-order valence-electron chi connectivity index (χ4n) is 8.41. The lowest BCUT2D eigenvalue weighted by Crippen LogP contribution is -3.06.